The van der Waals surface area contributed by atoms with Gasteiger partial charge >= 0.3 is 5.97 Å². The van der Waals surface area contributed by atoms with Crippen molar-refractivity contribution < 1.29 is 9.90 Å². The Morgan fingerprint density at radius 2 is 1.84 bits per heavy atom. The standard InChI is InChI=1S/C15H28N2O2/c1-2-8-16-9-3-4-14(7-10-16)17-11-5-13(6-12-17)15(18)19/h13-14H,2-12H2,1H3,(H,18,19). The number of rotatable bonds is 4. The minimum absolute atomic E-state index is 0.0985. The van der Waals surface area contributed by atoms with Gasteiger partial charge < -0.3 is 14.9 Å². The summed E-state index contributed by atoms with van der Waals surface area (Å²) in [7, 11) is 0. The SMILES string of the molecule is CCCN1CCCC(N2CCC(C(=O)O)CC2)CC1. The Labute approximate surface area is 116 Å². The summed E-state index contributed by atoms with van der Waals surface area (Å²) in [6, 6.07) is 0.691. The lowest BCUT2D eigenvalue weighted by atomic mass is 9.94. The molecular formula is C15H28N2O2. The van der Waals surface area contributed by atoms with Crippen molar-refractivity contribution in [2.75, 3.05) is 32.7 Å². The molecular weight excluding hydrogens is 240 g/mol. The van der Waals surface area contributed by atoms with Gasteiger partial charge in [0.2, 0.25) is 0 Å². The van der Waals surface area contributed by atoms with Crippen LogP contribution in [-0.4, -0.2) is 59.6 Å². The van der Waals surface area contributed by atoms with E-state index < -0.39 is 5.97 Å². The molecule has 2 fully saturated rings. The lowest BCUT2D eigenvalue weighted by Gasteiger charge is -2.36. The molecule has 2 rings (SSSR count). The first-order valence-corrected chi connectivity index (χ1v) is 7.90. The van der Waals surface area contributed by atoms with E-state index in [1.165, 1.54) is 45.3 Å². The molecule has 4 nitrogen and oxygen atoms in total. The van der Waals surface area contributed by atoms with Crippen molar-refractivity contribution in [2.45, 2.75) is 51.5 Å². The van der Waals surface area contributed by atoms with Gasteiger partial charge in [0, 0.05) is 6.04 Å². The molecule has 1 atom stereocenters. The zero-order chi connectivity index (χ0) is 13.7. The molecule has 2 heterocycles. The second-order valence-corrected chi connectivity index (χ2v) is 6.07. The summed E-state index contributed by atoms with van der Waals surface area (Å²) in [5.74, 6) is -0.701. The van der Waals surface area contributed by atoms with Crippen LogP contribution in [-0.2, 0) is 4.79 Å². The van der Waals surface area contributed by atoms with Gasteiger partial charge in [0.15, 0.2) is 0 Å². The normalized spacial score (nSPS) is 28.2. The molecule has 0 bridgehead atoms. The minimum Gasteiger partial charge on any atom is -0.481 e. The van der Waals surface area contributed by atoms with Crippen molar-refractivity contribution in [3.63, 3.8) is 0 Å². The Morgan fingerprint density at radius 3 is 2.47 bits per heavy atom. The van der Waals surface area contributed by atoms with E-state index in [1.807, 2.05) is 0 Å². The van der Waals surface area contributed by atoms with Gasteiger partial charge in [0.25, 0.3) is 0 Å². The van der Waals surface area contributed by atoms with Crippen LogP contribution in [0.1, 0.15) is 45.4 Å². The molecule has 0 saturated carbocycles. The number of hydrogen-bond donors (Lipinski definition) is 1. The molecule has 0 spiro atoms. The van der Waals surface area contributed by atoms with Gasteiger partial charge in [-0.2, -0.15) is 0 Å². The number of piperidine rings is 1. The van der Waals surface area contributed by atoms with E-state index in [0.29, 0.717) is 6.04 Å². The van der Waals surface area contributed by atoms with Gasteiger partial charge in [-0.25, -0.2) is 0 Å². The van der Waals surface area contributed by atoms with E-state index >= 15 is 0 Å². The van der Waals surface area contributed by atoms with E-state index in [1.54, 1.807) is 0 Å². The van der Waals surface area contributed by atoms with Crippen molar-refractivity contribution in [3.05, 3.63) is 0 Å². The summed E-state index contributed by atoms with van der Waals surface area (Å²) < 4.78 is 0. The average molecular weight is 268 g/mol. The molecule has 19 heavy (non-hydrogen) atoms. The van der Waals surface area contributed by atoms with Crippen LogP contribution in [0, 0.1) is 5.92 Å². The summed E-state index contributed by atoms with van der Waals surface area (Å²) >= 11 is 0. The third-order valence-electron chi connectivity index (χ3n) is 4.73. The van der Waals surface area contributed by atoms with Crippen molar-refractivity contribution in [1.82, 2.24) is 9.80 Å². The highest BCUT2D eigenvalue weighted by Gasteiger charge is 2.29. The van der Waals surface area contributed by atoms with Crippen LogP contribution in [0.25, 0.3) is 0 Å². The molecule has 2 aliphatic rings. The molecule has 0 aromatic rings. The van der Waals surface area contributed by atoms with Crippen molar-refractivity contribution in [1.29, 1.82) is 0 Å². The van der Waals surface area contributed by atoms with Gasteiger partial charge in [-0.15, -0.1) is 0 Å². The lowest BCUT2D eigenvalue weighted by molar-refractivity contribution is -0.143. The Morgan fingerprint density at radius 1 is 1.11 bits per heavy atom. The second kappa shape index (κ2) is 7.25. The van der Waals surface area contributed by atoms with Gasteiger partial charge in [0.1, 0.15) is 0 Å². The zero-order valence-electron chi connectivity index (χ0n) is 12.2. The molecule has 1 N–H and O–H groups in total. The highest BCUT2D eigenvalue weighted by atomic mass is 16.4. The minimum atomic E-state index is -0.602. The number of hydrogen-bond acceptors (Lipinski definition) is 3. The van der Waals surface area contributed by atoms with Gasteiger partial charge in [0.05, 0.1) is 5.92 Å². The maximum atomic E-state index is 11.0. The maximum Gasteiger partial charge on any atom is 0.306 e. The predicted molar refractivity (Wildman–Crippen MR) is 76.3 cm³/mol. The number of likely N-dealkylation sites (tertiary alicyclic amines) is 2. The number of aliphatic carboxylic acids is 1. The van der Waals surface area contributed by atoms with Crippen molar-refractivity contribution in [3.8, 4) is 0 Å². The summed E-state index contributed by atoms with van der Waals surface area (Å²) in [5.41, 5.74) is 0. The Bertz CT molecular complexity index is 288. The molecule has 0 amide bonds. The van der Waals surface area contributed by atoms with Gasteiger partial charge in [-0.05, 0) is 71.2 Å². The summed E-state index contributed by atoms with van der Waals surface area (Å²) in [6.07, 6.45) is 6.77. The van der Waals surface area contributed by atoms with Crippen LogP contribution in [0.4, 0.5) is 0 Å². The fourth-order valence-corrected chi connectivity index (χ4v) is 3.55. The van der Waals surface area contributed by atoms with E-state index in [4.69, 9.17) is 5.11 Å². The molecule has 0 aromatic carbocycles. The third kappa shape index (κ3) is 4.18. The third-order valence-corrected chi connectivity index (χ3v) is 4.73. The Balaban J connectivity index is 1.78. The lowest BCUT2D eigenvalue weighted by Crippen LogP contribution is -2.43. The number of nitrogens with zero attached hydrogens (tertiary/aromatic N) is 2. The van der Waals surface area contributed by atoms with Crippen LogP contribution in [0.2, 0.25) is 0 Å². The number of carboxylic acids is 1. The fourth-order valence-electron chi connectivity index (χ4n) is 3.55. The summed E-state index contributed by atoms with van der Waals surface area (Å²) in [4.78, 5) is 16.1. The first kappa shape index (κ1) is 14.8. The zero-order valence-corrected chi connectivity index (χ0v) is 12.2. The highest BCUT2D eigenvalue weighted by molar-refractivity contribution is 5.70. The monoisotopic (exact) mass is 268 g/mol. The van der Waals surface area contributed by atoms with Gasteiger partial charge in [-0.1, -0.05) is 6.92 Å². The largest absolute Gasteiger partial charge is 0.481 e. The molecule has 2 saturated heterocycles. The summed E-state index contributed by atoms with van der Waals surface area (Å²) in [5, 5.41) is 9.05. The van der Waals surface area contributed by atoms with Crippen LogP contribution in [0.15, 0.2) is 0 Å². The number of carbonyl (C=O) groups is 1. The molecule has 0 aromatic heterocycles. The summed E-state index contributed by atoms with van der Waals surface area (Å²) in [6.45, 7) is 7.91. The number of carboxylic acid groups (broad SMARTS) is 1. The maximum absolute atomic E-state index is 11.0. The first-order chi connectivity index (χ1) is 9.20. The van der Waals surface area contributed by atoms with Crippen LogP contribution in [0.3, 0.4) is 0 Å². The molecule has 2 aliphatic heterocycles. The predicted octanol–water partition coefficient (Wildman–Crippen LogP) is 2.05. The van der Waals surface area contributed by atoms with E-state index in [-0.39, 0.29) is 5.92 Å². The molecule has 4 heteroatoms. The van der Waals surface area contributed by atoms with E-state index in [0.717, 1.165) is 25.9 Å². The van der Waals surface area contributed by atoms with Crippen LogP contribution >= 0.6 is 0 Å². The quantitative estimate of drug-likeness (QED) is 0.847. The van der Waals surface area contributed by atoms with Crippen LogP contribution < -0.4 is 0 Å². The first-order valence-electron chi connectivity index (χ1n) is 7.90. The molecule has 0 radical (unpaired) electrons. The van der Waals surface area contributed by atoms with Crippen LogP contribution in [0.5, 0.6) is 0 Å². The molecule has 1 unspecified atom stereocenters. The van der Waals surface area contributed by atoms with E-state index in [2.05, 4.69) is 16.7 Å². The average Bonchev–Trinajstić information content (AvgIpc) is 2.65. The second-order valence-electron chi connectivity index (χ2n) is 6.07. The topological polar surface area (TPSA) is 43.8 Å². The van der Waals surface area contributed by atoms with Crippen molar-refractivity contribution >= 4 is 5.97 Å². The molecule has 110 valence electrons. The van der Waals surface area contributed by atoms with E-state index in [9.17, 15) is 4.79 Å². The highest BCUT2D eigenvalue weighted by Crippen LogP contribution is 2.24. The molecule has 0 aliphatic carbocycles. The Hall–Kier alpha value is -0.610. The van der Waals surface area contributed by atoms with Gasteiger partial charge in [-0.3, -0.25) is 4.79 Å². The smallest absolute Gasteiger partial charge is 0.306 e. The fraction of sp³-hybridized carbons (Fsp3) is 0.933. The Kier molecular flexibility index (Phi) is 5.64. The van der Waals surface area contributed by atoms with Crippen molar-refractivity contribution in [2.24, 2.45) is 5.92 Å².